The van der Waals surface area contributed by atoms with E-state index in [0.29, 0.717) is 16.8 Å². The summed E-state index contributed by atoms with van der Waals surface area (Å²) in [6, 6.07) is 12.3. The van der Waals surface area contributed by atoms with Gasteiger partial charge in [-0.25, -0.2) is 9.48 Å². The molecule has 0 aliphatic heterocycles. The van der Waals surface area contributed by atoms with E-state index >= 15 is 0 Å². The maximum absolute atomic E-state index is 11.2. The first-order chi connectivity index (χ1) is 9.70. The van der Waals surface area contributed by atoms with Crippen molar-refractivity contribution >= 4 is 17.0 Å². The summed E-state index contributed by atoms with van der Waals surface area (Å²) in [5.41, 5.74) is 1.90. The Morgan fingerprint density at radius 2 is 2.05 bits per heavy atom. The average molecular weight is 269 g/mol. The molecule has 0 saturated carbocycles. The van der Waals surface area contributed by atoms with Crippen LogP contribution in [0.2, 0.25) is 0 Å². The SMILES string of the molecule is COc1cccc(-n2nnc3c(C(=O)O)cccc32)c1. The van der Waals surface area contributed by atoms with E-state index in [1.165, 1.54) is 6.07 Å². The van der Waals surface area contributed by atoms with Crippen LogP contribution in [-0.2, 0) is 0 Å². The van der Waals surface area contributed by atoms with Crippen molar-refractivity contribution in [3.05, 3.63) is 48.0 Å². The van der Waals surface area contributed by atoms with E-state index in [2.05, 4.69) is 10.3 Å². The molecule has 0 bridgehead atoms. The molecule has 3 rings (SSSR count). The van der Waals surface area contributed by atoms with Crippen molar-refractivity contribution < 1.29 is 14.6 Å². The van der Waals surface area contributed by atoms with Crippen LogP contribution in [-0.4, -0.2) is 33.2 Å². The van der Waals surface area contributed by atoms with Crippen LogP contribution in [0.5, 0.6) is 5.75 Å². The minimum Gasteiger partial charge on any atom is -0.497 e. The highest BCUT2D eigenvalue weighted by Gasteiger charge is 2.14. The summed E-state index contributed by atoms with van der Waals surface area (Å²) in [5, 5.41) is 17.1. The number of carboxylic acid groups (broad SMARTS) is 1. The number of aromatic nitrogens is 3. The Morgan fingerprint density at radius 1 is 1.25 bits per heavy atom. The maximum Gasteiger partial charge on any atom is 0.338 e. The number of methoxy groups -OCH3 is 1. The van der Waals surface area contributed by atoms with Crippen LogP contribution in [0.25, 0.3) is 16.7 Å². The quantitative estimate of drug-likeness (QED) is 0.788. The van der Waals surface area contributed by atoms with E-state index in [1.807, 2.05) is 24.3 Å². The molecule has 6 heteroatoms. The second kappa shape index (κ2) is 4.65. The molecule has 0 radical (unpaired) electrons. The molecule has 0 fully saturated rings. The topological polar surface area (TPSA) is 77.2 Å². The lowest BCUT2D eigenvalue weighted by Crippen LogP contribution is -1.98. The molecule has 3 aromatic rings. The molecule has 0 amide bonds. The van der Waals surface area contributed by atoms with Gasteiger partial charge in [-0.3, -0.25) is 0 Å². The second-order valence-corrected chi connectivity index (χ2v) is 4.18. The largest absolute Gasteiger partial charge is 0.497 e. The van der Waals surface area contributed by atoms with Gasteiger partial charge in [-0.1, -0.05) is 17.3 Å². The fraction of sp³-hybridized carbons (Fsp3) is 0.0714. The number of hydrogen-bond donors (Lipinski definition) is 1. The summed E-state index contributed by atoms with van der Waals surface area (Å²) in [7, 11) is 1.58. The van der Waals surface area contributed by atoms with Crippen LogP contribution in [0.4, 0.5) is 0 Å². The van der Waals surface area contributed by atoms with Gasteiger partial charge in [-0.15, -0.1) is 5.10 Å². The van der Waals surface area contributed by atoms with Gasteiger partial charge in [0.05, 0.1) is 23.9 Å². The Hall–Kier alpha value is -2.89. The fourth-order valence-corrected chi connectivity index (χ4v) is 2.05. The first-order valence-corrected chi connectivity index (χ1v) is 5.93. The van der Waals surface area contributed by atoms with Gasteiger partial charge in [0.1, 0.15) is 11.3 Å². The van der Waals surface area contributed by atoms with Crippen LogP contribution in [0.3, 0.4) is 0 Å². The summed E-state index contributed by atoms with van der Waals surface area (Å²) < 4.78 is 6.76. The molecule has 1 N–H and O–H groups in total. The highest BCUT2D eigenvalue weighted by Crippen LogP contribution is 2.22. The van der Waals surface area contributed by atoms with Gasteiger partial charge in [0.15, 0.2) is 0 Å². The number of nitrogens with zero attached hydrogens (tertiary/aromatic N) is 3. The number of carbonyl (C=O) groups is 1. The van der Waals surface area contributed by atoms with Crippen molar-refractivity contribution in [2.75, 3.05) is 7.11 Å². The molecule has 0 aliphatic rings. The number of benzene rings is 2. The molecule has 1 aromatic heterocycles. The summed E-state index contributed by atoms with van der Waals surface area (Å²) in [6.07, 6.45) is 0. The molecular weight excluding hydrogens is 258 g/mol. The predicted molar refractivity (Wildman–Crippen MR) is 72.4 cm³/mol. The standard InChI is InChI=1S/C14H11N3O3/c1-20-10-5-2-4-9(8-10)17-12-7-3-6-11(14(18)19)13(12)15-16-17/h2-8H,1H3,(H,18,19). The average Bonchev–Trinajstić information content (AvgIpc) is 2.91. The molecule has 0 spiro atoms. The van der Waals surface area contributed by atoms with Crippen molar-refractivity contribution in [2.24, 2.45) is 0 Å². The maximum atomic E-state index is 11.2. The number of hydrogen-bond acceptors (Lipinski definition) is 4. The fourth-order valence-electron chi connectivity index (χ4n) is 2.05. The normalized spacial score (nSPS) is 10.7. The van der Waals surface area contributed by atoms with E-state index in [9.17, 15) is 4.79 Å². The summed E-state index contributed by atoms with van der Waals surface area (Å²) in [4.78, 5) is 11.2. The van der Waals surface area contributed by atoms with Crippen LogP contribution < -0.4 is 4.74 Å². The van der Waals surface area contributed by atoms with Gasteiger partial charge in [-0.2, -0.15) is 0 Å². The van der Waals surface area contributed by atoms with Crippen LogP contribution >= 0.6 is 0 Å². The van der Waals surface area contributed by atoms with E-state index in [4.69, 9.17) is 9.84 Å². The van der Waals surface area contributed by atoms with E-state index < -0.39 is 5.97 Å². The zero-order chi connectivity index (χ0) is 14.1. The molecule has 0 saturated heterocycles. The minimum atomic E-state index is -1.02. The lowest BCUT2D eigenvalue weighted by atomic mass is 10.2. The molecule has 0 atom stereocenters. The smallest absolute Gasteiger partial charge is 0.338 e. The van der Waals surface area contributed by atoms with Gasteiger partial charge in [0, 0.05) is 6.07 Å². The monoisotopic (exact) mass is 269 g/mol. The number of aromatic carboxylic acids is 1. The number of fused-ring (bicyclic) bond motifs is 1. The van der Waals surface area contributed by atoms with Gasteiger partial charge in [0.25, 0.3) is 0 Å². The third kappa shape index (κ3) is 1.87. The lowest BCUT2D eigenvalue weighted by Gasteiger charge is -2.05. The summed E-state index contributed by atoms with van der Waals surface area (Å²) in [6.45, 7) is 0. The first-order valence-electron chi connectivity index (χ1n) is 5.93. The van der Waals surface area contributed by atoms with Crippen molar-refractivity contribution in [2.45, 2.75) is 0 Å². The van der Waals surface area contributed by atoms with E-state index in [1.54, 1.807) is 23.9 Å². The summed E-state index contributed by atoms with van der Waals surface area (Å²) >= 11 is 0. The molecule has 20 heavy (non-hydrogen) atoms. The van der Waals surface area contributed by atoms with Crippen molar-refractivity contribution in [3.8, 4) is 11.4 Å². The number of ether oxygens (including phenoxy) is 1. The third-order valence-corrected chi connectivity index (χ3v) is 3.01. The molecule has 0 unspecified atom stereocenters. The van der Waals surface area contributed by atoms with Crippen LogP contribution in [0.15, 0.2) is 42.5 Å². The highest BCUT2D eigenvalue weighted by atomic mass is 16.5. The van der Waals surface area contributed by atoms with Crippen molar-refractivity contribution in [1.82, 2.24) is 15.0 Å². The minimum absolute atomic E-state index is 0.136. The van der Waals surface area contributed by atoms with Gasteiger partial charge in [-0.05, 0) is 24.3 Å². The van der Waals surface area contributed by atoms with E-state index in [0.717, 1.165) is 5.69 Å². The third-order valence-electron chi connectivity index (χ3n) is 3.01. The Bertz CT molecular complexity index is 795. The van der Waals surface area contributed by atoms with Gasteiger partial charge < -0.3 is 9.84 Å². The number of carboxylic acids is 1. The molecular formula is C14H11N3O3. The number of rotatable bonds is 3. The van der Waals surface area contributed by atoms with Gasteiger partial charge >= 0.3 is 5.97 Å². The van der Waals surface area contributed by atoms with Gasteiger partial charge in [0.2, 0.25) is 0 Å². The van der Waals surface area contributed by atoms with Crippen LogP contribution in [0, 0.1) is 0 Å². The molecule has 2 aromatic carbocycles. The first kappa shape index (κ1) is 12.2. The second-order valence-electron chi connectivity index (χ2n) is 4.18. The highest BCUT2D eigenvalue weighted by molar-refractivity contribution is 6.00. The Kier molecular flexibility index (Phi) is 2.83. The molecule has 100 valence electrons. The molecule has 1 heterocycles. The van der Waals surface area contributed by atoms with Crippen molar-refractivity contribution in [3.63, 3.8) is 0 Å². The Morgan fingerprint density at radius 3 is 2.80 bits per heavy atom. The zero-order valence-electron chi connectivity index (χ0n) is 10.6. The summed E-state index contributed by atoms with van der Waals surface area (Å²) in [5.74, 6) is -0.325. The predicted octanol–water partition coefficient (Wildman–Crippen LogP) is 2.13. The van der Waals surface area contributed by atoms with E-state index in [-0.39, 0.29) is 5.56 Å². The van der Waals surface area contributed by atoms with Crippen molar-refractivity contribution in [1.29, 1.82) is 0 Å². The molecule has 6 nitrogen and oxygen atoms in total. The molecule has 0 aliphatic carbocycles. The zero-order valence-corrected chi connectivity index (χ0v) is 10.6. The Balaban J connectivity index is 2.22. The Labute approximate surface area is 114 Å². The lowest BCUT2D eigenvalue weighted by molar-refractivity contribution is 0.0699. The van der Waals surface area contributed by atoms with Crippen LogP contribution in [0.1, 0.15) is 10.4 Å².